The SMILES string of the molecule is CC1CC(NC(=O)c2cn[nH]c2)CCN1. The molecule has 1 aromatic heterocycles. The van der Waals surface area contributed by atoms with Crippen LogP contribution >= 0.6 is 0 Å². The first-order valence-electron chi connectivity index (χ1n) is 5.28. The minimum Gasteiger partial charge on any atom is -0.349 e. The Bertz CT molecular complexity index is 322. The smallest absolute Gasteiger partial charge is 0.254 e. The number of aromatic amines is 1. The van der Waals surface area contributed by atoms with Crippen LogP contribution in [-0.4, -0.2) is 34.7 Å². The van der Waals surface area contributed by atoms with Gasteiger partial charge in [0.25, 0.3) is 5.91 Å². The van der Waals surface area contributed by atoms with Crippen molar-refractivity contribution in [2.75, 3.05) is 6.54 Å². The molecule has 0 spiro atoms. The van der Waals surface area contributed by atoms with Gasteiger partial charge in [-0.2, -0.15) is 5.10 Å². The summed E-state index contributed by atoms with van der Waals surface area (Å²) in [5, 5.41) is 12.7. The van der Waals surface area contributed by atoms with Crippen LogP contribution in [-0.2, 0) is 0 Å². The Balaban J connectivity index is 1.89. The Hall–Kier alpha value is -1.36. The van der Waals surface area contributed by atoms with Crippen molar-refractivity contribution in [1.29, 1.82) is 0 Å². The van der Waals surface area contributed by atoms with E-state index in [1.807, 2.05) is 0 Å². The lowest BCUT2D eigenvalue weighted by Gasteiger charge is -2.28. The molecule has 2 heterocycles. The van der Waals surface area contributed by atoms with E-state index in [0.29, 0.717) is 11.6 Å². The van der Waals surface area contributed by atoms with Crippen molar-refractivity contribution in [3.8, 4) is 0 Å². The molecule has 2 unspecified atom stereocenters. The zero-order valence-electron chi connectivity index (χ0n) is 8.79. The number of carbonyl (C=O) groups is 1. The number of H-pyrrole nitrogens is 1. The van der Waals surface area contributed by atoms with Gasteiger partial charge in [0.05, 0.1) is 11.8 Å². The summed E-state index contributed by atoms with van der Waals surface area (Å²) < 4.78 is 0. The van der Waals surface area contributed by atoms with E-state index in [2.05, 4.69) is 27.8 Å². The Morgan fingerprint density at radius 3 is 3.20 bits per heavy atom. The summed E-state index contributed by atoms with van der Waals surface area (Å²) in [6.45, 7) is 3.10. The zero-order chi connectivity index (χ0) is 10.7. The minimum atomic E-state index is -0.0390. The van der Waals surface area contributed by atoms with Crippen LogP contribution in [0.1, 0.15) is 30.1 Å². The average molecular weight is 208 g/mol. The third-order valence-corrected chi connectivity index (χ3v) is 2.72. The second-order valence-electron chi connectivity index (χ2n) is 4.04. The molecule has 5 heteroatoms. The molecular formula is C10H16N4O. The minimum absolute atomic E-state index is 0.0390. The molecule has 0 saturated carbocycles. The van der Waals surface area contributed by atoms with Crippen molar-refractivity contribution in [2.45, 2.75) is 31.8 Å². The highest BCUT2D eigenvalue weighted by Gasteiger charge is 2.20. The fourth-order valence-electron chi connectivity index (χ4n) is 1.91. The lowest BCUT2D eigenvalue weighted by Crippen LogP contribution is -2.46. The molecule has 0 radical (unpaired) electrons. The summed E-state index contributed by atoms with van der Waals surface area (Å²) >= 11 is 0. The Labute approximate surface area is 88.6 Å². The molecule has 1 aliphatic rings. The van der Waals surface area contributed by atoms with Crippen LogP contribution in [0.25, 0.3) is 0 Å². The molecule has 0 aliphatic carbocycles. The number of carbonyl (C=O) groups excluding carboxylic acids is 1. The van der Waals surface area contributed by atoms with E-state index in [1.165, 1.54) is 0 Å². The lowest BCUT2D eigenvalue weighted by atomic mass is 10.0. The van der Waals surface area contributed by atoms with E-state index in [4.69, 9.17) is 0 Å². The predicted octanol–water partition coefficient (Wildman–Crippen LogP) is 0.280. The number of nitrogens with zero attached hydrogens (tertiary/aromatic N) is 1. The van der Waals surface area contributed by atoms with Crippen LogP contribution in [0.3, 0.4) is 0 Å². The summed E-state index contributed by atoms with van der Waals surface area (Å²) in [5.41, 5.74) is 0.598. The summed E-state index contributed by atoms with van der Waals surface area (Å²) in [7, 11) is 0. The molecule has 1 aliphatic heterocycles. The van der Waals surface area contributed by atoms with Gasteiger partial charge in [0.15, 0.2) is 0 Å². The molecule has 82 valence electrons. The van der Waals surface area contributed by atoms with Crippen molar-refractivity contribution in [3.63, 3.8) is 0 Å². The highest BCUT2D eigenvalue weighted by molar-refractivity contribution is 5.93. The maximum atomic E-state index is 11.7. The molecule has 1 aromatic rings. The van der Waals surface area contributed by atoms with Crippen molar-refractivity contribution in [1.82, 2.24) is 20.8 Å². The zero-order valence-corrected chi connectivity index (χ0v) is 8.79. The Kier molecular flexibility index (Phi) is 3.01. The number of hydrogen-bond donors (Lipinski definition) is 3. The summed E-state index contributed by atoms with van der Waals surface area (Å²) in [6, 6.07) is 0.761. The second kappa shape index (κ2) is 4.44. The van der Waals surface area contributed by atoms with Gasteiger partial charge in [0.1, 0.15) is 0 Å². The summed E-state index contributed by atoms with van der Waals surface area (Å²) in [5.74, 6) is -0.0390. The van der Waals surface area contributed by atoms with Gasteiger partial charge in [-0.25, -0.2) is 0 Å². The maximum absolute atomic E-state index is 11.7. The molecular weight excluding hydrogens is 192 g/mol. The van der Waals surface area contributed by atoms with Crippen LogP contribution < -0.4 is 10.6 Å². The number of aromatic nitrogens is 2. The van der Waals surface area contributed by atoms with E-state index < -0.39 is 0 Å². The largest absolute Gasteiger partial charge is 0.349 e. The molecule has 1 saturated heterocycles. The normalized spacial score (nSPS) is 26.2. The van der Waals surface area contributed by atoms with Gasteiger partial charge in [-0.05, 0) is 26.3 Å². The maximum Gasteiger partial charge on any atom is 0.254 e. The van der Waals surface area contributed by atoms with Crippen LogP contribution in [0.4, 0.5) is 0 Å². The van der Waals surface area contributed by atoms with Gasteiger partial charge >= 0.3 is 0 Å². The first kappa shape index (κ1) is 10.2. The van der Waals surface area contributed by atoms with Gasteiger partial charge in [-0.3, -0.25) is 9.89 Å². The Morgan fingerprint density at radius 1 is 1.67 bits per heavy atom. The molecule has 1 amide bonds. The van der Waals surface area contributed by atoms with Crippen molar-refractivity contribution in [2.24, 2.45) is 0 Å². The summed E-state index contributed by atoms with van der Waals surface area (Å²) in [4.78, 5) is 11.7. The standard InChI is InChI=1S/C10H16N4O/c1-7-4-9(2-3-11-7)14-10(15)8-5-12-13-6-8/h5-7,9,11H,2-4H2,1H3,(H,12,13)(H,14,15). The van der Waals surface area contributed by atoms with Crippen LogP contribution in [0, 0.1) is 0 Å². The van der Waals surface area contributed by atoms with Gasteiger partial charge < -0.3 is 10.6 Å². The Morgan fingerprint density at radius 2 is 2.53 bits per heavy atom. The fraction of sp³-hybridized carbons (Fsp3) is 0.600. The van der Waals surface area contributed by atoms with Crippen molar-refractivity contribution >= 4 is 5.91 Å². The molecule has 15 heavy (non-hydrogen) atoms. The second-order valence-corrected chi connectivity index (χ2v) is 4.04. The topological polar surface area (TPSA) is 69.8 Å². The highest BCUT2D eigenvalue weighted by Crippen LogP contribution is 2.08. The van der Waals surface area contributed by atoms with Gasteiger partial charge in [-0.15, -0.1) is 0 Å². The average Bonchev–Trinajstić information content (AvgIpc) is 2.70. The van der Waals surface area contributed by atoms with Crippen LogP contribution in [0.2, 0.25) is 0 Å². The lowest BCUT2D eigenvalue weighted by molar-refractivity contribution is 0.0926. The predicted molar refractivity (Wildman–Crippen MR) is 56.5 cm³/mol. The fourth-order valence-corrected chi connectivity index (χ4v) is 1.91. The quantitative estimate of drug-likeness (QED) is 0.654. The third kappa shape index (κ3) is 2.56. The van der Waals surface area contributed by atoms with E-state index in [-0.39, 0.29) is 11.9 Å². The monoisotopic (exact) mass is 208 g/mol. The number of hydrogen-bond acceptors (Lipinski definition) is 3. The van der Waals surface area contributed by atoms with Gasteiger partial charge in [-0.1, -0.05) is 0 Å². The first-order chi connectivity index (χ1) is 7.25. The van der Waals surface area contributed by atoms with Crippen molar-refractivity contribution < 1.29 is 4.79 Å². The number of rotatable bonds is 2. The molecule has 1 fully saturated rings. The molecule has 2 atom stereocenters. The number of amides is 1. The molecule has 0 bridgehead atoms. The molecule has 3 N–H and O–H groups in total. The highest BCUT2D eigenvalue weighted by atomic mass is 16.1. The van der Waals surface area contributed by atoms with Crippen molar-refractivity contribution in [3.05, 3.63) is 18.0 Å². The van der Waals surface area contributed by atoms with Gasteiger partial charge in [0.2, 0.25) is 0 Å². The van der Waals surface area contributed by atoms with E-state index in [1.54, 1.807) is 12.4 Å². The first-order valence-corrected chi connectivity index (χ1v) is 5.28. The third-order valence-electron chi connectivity index (χ3n) is 2.72. The summed E-state index contributed by atoms with van der Waals surface area (Å²) in [6.07, 6.45) is 5.14. The molecule has 2 rings (SSSR count). The molecule has 5 nitrogen and oxygen atoms in total. The number of nitrogens with one attached hydrogen (secondary N) is 3. The number of piperidine rings is 1. The van der Waals surface area contributed by atoms with Crippen LogP contribution in [0.5, 0.6) is 0 Å². The van der Waals surface area contributed by atoms with E-state index in [0.717, 1.165) is 19.4 Å². The van der Waals surface area contributed by atoms with Crippen LogP contribution in [0.15, 0.2) is 12.4 Å². The van der Waals surface area contributed by atoms with Gasteiger partial charge in [0, 0.05) is 18.3 Å². The van der Waals surface area contributed by atoms with E-state index in [9.17, 15) is 4.79 Å². The molecule has 0 aromatic carbocycles. The van der Waals surface area contributed by atoms with E-state index >= 15 is 0 Å².